The maximum Gasteiger partial charge on any atom is 0.217 e. The van der Waals surface area contributed by atoms with Crippen LogP contribution in [-0.4, -0.2) is 25.8 Å². The smallest absolute Gasteiger partial charge is 0.217 e. The van der Waals surface area contributed by atoms with Gasteiger partial charge in [0.1, 0.15) is 0 Å². The molecule has 1 heterocycles. The highest BCUT2D eigenvalue weighted by atomic mass is 32.2. The number of carbonyl (C=O) groups excluding carboxylic acids is 1. The first kappa shape index (κ1) is 8.52. The summed E-state index contributed by atoms with van der Waals surface area (Å²) in [6.07, 6.45) is 0.796. The fraction of sp³-hybridized carbons (Fsp3) is 0.833. The van der Waals surface area contributed by atoms with E-state index in [9.17, 15) is 13.2 Å². The van der Waals surface area contributed by atoms with Crippen molar-refractivity contribution in [2.75, 3.05) is 11.5 Å². The Kier molecular flexibility index (Phi) is 2.17. The molecule has 4 nitrogen and oxygen atoms in total. The van der Waals surface area contributed by atoms with Crippen LogP contribution in [0.4, 0.5) is 0 Å². The zero-order chi connectivity index (χ0) is 8.48. The van der Waals surface area contributed by atoms with Gasteiger partial charge in [0.25, 0.3) is 0 Å². The first-order valence-corrected chi connectivity index (χ1v) is 5.30. The van der Waals surface area contributed by atoms with Crippen LogP contribution >= 0.6 is 0 Å². The van der Waals surface area contributed by atoms with E-state index >= 15 is 0 Å². The highest BCUT2D eigenvalue weighted by Gasteiger charge is 2.28. The number of amides is 1. The van der Waals surface area contributed by atoms with Crippen LogP contribution in [0.25, 0.3) is 0 Å². The minimum absolute atomic E-state index is 0.0301. The molecule has 0 aromatic rings. The second-order valence-electron chi connectivity index (χ2n) is 2.94. The molecule has 2 N–H and O–H groups in total. The summed E-state index contributed by atoms with van der Waals surface area (Å²) in [5, 5.41) is 0. The molecule has 0 aromatic carbocycles. The third kappa shape index (κ3) is 2.49. The molecule has 64 valence electrons. The van der Waals surface area contributed by atoms with E-state index < -0.39 is 15.7 Å². The van der Waals surface area contributed by atoms with Gasteiger partial charge in [-0.1, -0.05) is 0 Å². The molecule has 0 unspecified atom stereocenters. The van der Waals surface area contributed by atoms with Crippen molar-refractivity contribution in [3.63, 3.8) is 0 Å². The van der Waals surface area contributed by atoms with Gasteiger partial charge in [0.15, 0.2) is 9.84 Å². The SMILES string of the molecule is NC(=O)C[C@@H]1CCS(=O)(=O)C1. The van der Waals surface area contributed by atoms with E-state index in [1.165, 1.54) is 0 Å². The number of primary amides is 1. The third-order valence-electron chi connectivity index (χ3n) is 1.82. The molecule has 1 fully saturated rings. The van der Waals surface area contributed by atoms with Gasteiger partial charge < -0.3 is 5.73 Å². The molecule has 11 heavy (non-hydrogen) atoms. The van der Waals surface area contributed by atoms with Crippen molar-refractivity contribution in [3.05, 3.63) is 0 Å². The Morgan fingerprint density at radius 3 is 2.55 bits per heavy atom. The quantitative estimate of drug-likeness (QED) is 0.605. The van der Waals surface area contributed by atoms with Gasteiger partial charge in [0, 0.05) is 6.42 Å². The first-order chi connectivity index (χ1) is 4.99. The molecule has 0 spiro atoms. The van der Waals surface area contributed by atoms with Gasteiger partial charge in [0.05, 0.1) is 11.5 Å². The van der Waals surface area contributed by atoms with Gasteiger partial charge in [-0.05, 0) is 12.3 Å². The Labute approximate surface area is 65.7 Å². The van der Waals surface area contributed by atoms with E-state index in [-0.39, 0.29) is 23.8 Å². The van der Waals surface area contributed by atoms with E-state index in [0.29, 0.717) is 6.42 Å². The lowest BCUT2D eigenvalue weighted by Gasteiger charge is -2.01. The van der Waals surface area contributed by atoms with E-state index in [2.05, 4.69) is 0 Å². The largest absolute Gasteiger partial charge is 0.370 e. The topological polar surface area (TPSA) is 77.2 Å². The van der Waals surface area contributed by atoms with Crippen LogP contribution in [0.3, 0.4) is 0 Å². The van der Waals surface area contributed by atoms with Crippen molar-refractivity contribution in [2.24, 2.45) is 11.7 Å². The first-order valence-electron chi connectivity index (χ1n) is 3.48. The Morgan fingerprint density at radius 1 is 1.55 bits per heavy atom. The maximum absolute atomic E-state index is 10.9. The summed E-state index contributed by atoms with van der Waals surface area (Å²) in [4.78, 5) is 10.4. The van der Waals surface area contributed by atoms with Crippen LogP contribution in [0, 0.1) is 5.92 Å². The lowest BCUT2D eigenvalue weighted by molar-refractivity contribution is -0.118. The van der Waals surface area contributed by atoms with Crippen LogP contribution in [0.1, 0.15) is 12.8 Å². The molecule has 1 aliphatic rings. The summed E-state index contributed by atoms with van der Waals surface area (Å²) in [7, 11) is -2.85. The van der Waals surface area contributed by atoms with E-state index in [4.69, 9.17) is 5.73 Å². The molecular weight excluding hydrogens is 166 g/mol. The second kappa shape index (κ2) is 2.81. The predicted molar refractivity (Wildman–Crippen MR) is 40.6 cm³/mol. The molecule has 0 saturated carbocycles. The fourth-order valence-corrected chi connectivity index (χ4v) is 3.18. The van der Waals surface area contributed by atoms with Crippen molar-refractivity contribution < 1.29 is 13.2 Å². The molecule has 1 aliphatic heterocycles. The average Bonchev–Trinajstić information content (AvgIpc) is 2.08. The summed E-state index contributed by atoms with van der Waals surface area (Å²) in [6, 6.07) is 0. The van der Waals surface area contributed by atoms with Gasteiger partial charge in [-0.2, -0.15) is 0 Å². The van der Waals surface area contributed by atoms with Crippen molar-refractivity contribution >= 4 is 15.7 Å². The highest BCUT2D eigenvalue weighted by Crippen LogP contribution is 2.20. The molecule has 1 amide bonds. The third-order valence-corrected chi connectivity index (χ3v) is 3.65. The number of sulfone groups is 1. The summed E-state index contributed by atoms with van der Waals surface area (Å²) in [6.45, 7) is 0. The van der Waals surface area contributed by atoms with Crippen LogP contribution in [0.5, 0.6) is 0 Å². The Balaban J connectivity index is 2.49. The summed E-state index contributed by atoms with van der Waals surface area (Å²) >= 11 is 0. The normalized spacial score (nSPS) is 28.5. The van der Waals surface area contributed by atoms with Crippen LogP contribution < -0.4 is 5.73 Å². The van der Waals surface area contributed by atoms with Crippen molar-refractivity contribution in [1.29, 1.82) is 0 Å². The Hall–Kier alpha value is -0.580. The maximum atomic E-state index is 10.9. The second-order valence-corrected chi connectivity index (χ2v) is 5.17. The molecule has 1 rings (SSSR count). The van der Waals surface area contributed by atoms with Gasteiger partial charge in [-0.3, -0.25) is 4.79 Å². The number of nitrogens with two attached hydrogens (primary N) is 1. The fourth-order valence-electron chi connectivity index (χ4n) is 1.32. The van der Waals surface area contributed by atoms with E-state index in [1.807, 2.05) is 0 Å². The van der Waals surface area contributed by atoms with E-state index in [0.717, 1.165) is 0 Å². The molecule has 1 saturated heterocycles. The molecular formula is C6H11NO3S. The standard InChI is InChI=1S/C6H11NO3S/c7-6(8)3-5-1-2-11(9,10)4-5/h5H,1-4H2,(H2,7,8)/t5-/m0/s1. The number of rotatable bonds is 2. The van der Waals surface area contributed by atoms with Crippen molar-refractivity contribution in [2.45, 2.75) is 12.8 Å². The van der Waals surface area contributed by atoms with Crippen molar-refractivity contribution in [1.82, 2.24) is 0 Å². The lowest BCUT2D eigenvalue weighted by atomic mass is 10.1. The minimum Gasteiger partial charge on any atom is -0.370 e. The Bertz CT molecular complexity index is 257. The van der Waals surface area contributed by atoms with Gasteiger partial charge in [0.2, 0.25) is 5.91 Å². The highest BCUT2D eigenvalue weighted by molar-refractivity contribution is 7.91. The molecule has 0 radical (unpaired) electrons. The van der Waals surface area contributed by atoms with Crippen LogP contribution in [-0.2, 0) is 14.6 Å². The molecule has 1 atom stereocenters. The number of hydrogen-bond donors (Lipinski definition) is 1. The summed E-state index contributed by atoms with van der Waals surface area (Å²) in [5.41, 5.74) is 4.93. The molecule has 0 aliphatic carbocycles. The van der Waals surface area contributed by atoms with E-state index in [1.54, 1.807) is 0 Å². The van der Waals surface area contributed by atoms with Crippen LogP contribution in [0.15, 0.2) is 0 Å². The van der Waals surface area contributed by atoms with Crippen molar-refractivity contribution in [3.8, 4) is 0 Å². The predicted octanol–water partition coefficient (Wildman–Crippen LogP) is -0.704. The molecule has 0 bridgehead atoms. The minimum atomic E-state index is -2.85. The van der Waals surface area contributed by atoms with Gasteiger partial charge >= 0.3 is 0 Å². The molecule has 0 aromatic heterocycles. The molecule has 5 heteroatoms. The van der Waals surface area contributed by atoms with Gasteiger partial charge in [-0.15, -0.1) is 0 Å². The average molecular weight is 177 g/mol. The van der Waals surface area contributed by atoms with Gasteiger partial charge in [-0.25, -0.2) is 8.42 Å². The Morgan fingerprint density at radius 2 is 2.18 bits per heavy atom. The summed E-state index contributed by atoms with van der Waals surface area (Å²) < 4.78 is 21.7. The lowest BCUT2D eigenvalue weighted by Crippen LogP contribution is -2.17. The number of hydrogen-bond acceptors (Lipinski definition) is 3. The number of carbonyl (C=O) groups is 1. The van der Waals surface area contributed by atoms with Crippen LogP contribution in [0.2, 0.25) is 0 Å². The zero-order valence-electron chi connectivity index (χ0n) is 6.12. The summed E-state index contributed by atoms with van der Waals surface area (Å²) in [5.74, 6) is -0.0921. The zero-order valence-corrected chi connectivity index (χ0v) is 6.93. The monoisotopic (exact) mass is 177 g/mol.